The van der Waals surface area contributed by atoms with Crippen LogP contribution in [-0.4, -0.2) is 12.2 Å². The second-order valence-corrected chi connectivity index (χ2v) is 6.67. The third-order valence-electron chi connectivity index (χ3n) is 4.28. The molecule has 1 atom stereocenters. The Bertz CT molecular complexity index is 855. The van der Waals surface area contributed by atoms with Crippen LogP contribution in [0.25, 0.3) is 0 Å². The minimum Gasteiger partial charge on any atom is -0.216 e. The zero-order valence-corrected chi connectivity index (χ0v) is 15.8. The minimum atomic E-state index is -0.346. The molecule has 1 amide bonds. The molecule has 0 radical (unpaired) electrons. The maximum atomic E-state index is 12.4. The van der Waals surface area contributed by atoms with E-state index in [-0.39, 0.29) is 5.91 Å². The number of terminal acetylenes is 1. The molecule has 25 heavy (non-hydrogen) atoms. The summed E-state index contributed by atoms with van der Waals surface area (Å²) in [5.74, 6) is 1.89. The Hall–Kier alpha value is -2.70. The van der Waals surface area contributed by atoms with E-state index >= 15 is 0 Å². The summed E-state index contributed by atoms with van der Waals surface area (Å²) in [6.07, 6.45) is 7.03. The van der Waals surface area contributed by atoms with Crippen molar-refractivity contribution in [2.45, 2.75) is 41.5 Å². The van der Waals surface area contributed by atoms with Crippen molar-refractivity contribution < 1.29 is 9.69 Å². The lowest BCUT2D eigenvalue weighted by Gasteiger charge is -2.15. The van der Waals surface area contributed by atoms with E-state index < -0.39 is 0 Å². The zero-order valence-electron chi connectivity index (χ0n) is 15.8. The Kier molecular flexibility index (Phi) is 5.56. The molecular formula is C22H25N2O+. The molecule has 128 valence electrons. The molecule has 0 bridgehead atoms. The van der Waals surface area contributed by atoms with Gasteiger partial charge in [0.05, 0.1) is 5.69 Å². The van der Waals surface area contributed by atoms with Gasteiger partial charge in [-0.15, -0.1) is 6.42 Å². The van der Waals surface area contributed by atoms with Crippen molar-refractivity contribution in [1.29, 1.82) is 0 Å². The monoisotopic (exact) mass is 333 g/mol. The van der Waals surface area contributed by atoms with Crippen molar-refractivity contribution >= 4 is 23.6 Å². The summed E-state index contributed by atoms with van der Waals surface area (Å²) in [5.41, 5.74) is 8.34. The highest BCUT2D eigenvalue weighted by molar-refractivity contribution is 5.91. The van der Waals surface area contributed by atoms with E-state index in [0.29, 0.717) is 4.90 Å². The number of hydrogen-bond donors (Lipinski definition) is 1. The van der Waals surface area contributed by atoms with Crippen LogP contribution in [0, 0.1) is 53.9 Å². The van der Waals surface area contributed by atoms with Gasteiger partial charge in [0, 0.05) is 17.0 Å². The first kappa shape index (κ1) is 18.6. The predicted molar refractivity (Wildman–Crippen MR) is 104 cm³/mol. The molecule has 3 heteroatoms. The molecule has 2 aromatic rings. The average Bonchev–Trinajstić information content (AvgIpc) is 2.50. The molecule has 0 saturated heterocycles. The topological polar surface area (TPSA) is 33.9 Å². The maximum absolute atomic E-state index is 12.4. The fourth-order valence-corrected chi connectivity index (χ4v) is 3.42. The highest BCUT2D eigenvalue weighted by Crippen LogP contribution is 2.24. The number of benzene rings is 2. The van der Waals surface area contributed by atoms with Crippen LogP contribution in [0.1, 0.15) is 33.4 Å². The molecule has 2 rings (SSSR count). The Morgan fingerprint density at radius 3 is 1.80 bits per heavy atom. The van der Waals surface area contributed by atoms with Gasteiger partial charge in [0.25, 0.3) is 0 Å². The van der Waals surface area contributed by atoms with Gasteiger partial charge in [-0.05, 0) is 52.7 Å². The van der Waals surface area contributed by atoms with Crippen molar-refractivity contribution in [3.63, 3.8) is 0 Å². The number of nitrogens with one attached hydrogen (secondary N) is 1. The van der Waals surface area contributed by atoms with Crippen molar-refractivity contribution in [1.82, 2.24) is 0 Å². The van der Waals surface area contributed by atoms with Crippen LogP contribution in [0.5, 0.6) is 0 Å². The Morgan fingerprint density at radius 1 is 0.920 bits per heavy atom. The van der Waals surface area contributed by atoms with Crippen LogP contribution in [-0.2, 0) is 4.79 Å². The van der Waals surface area contributed by atoms with Gasteiger partial charge in [-0.2, -0.15) is 4.90 Å². The fraction of sp³-hybridized carbons (Fsp3) is 0.273. The lowest BCUT2D eigenvalue weighted by molar-refractivity contribution is -0.630. The van der Waals surface area contributed by atoms with Gasteiger partial charge in [0.1, 0.15) is 0 Å². The number of carbonyl (C=O) groups is 1. The largest absolute Gasteiger partial charge is 0.400 e. The summed E-state index contributed by atoms with van der Waals surface area (Å²) in [4.78, 5) is 17.5. The summed E-state index contributed by atoms with van der Waals surface area (Å²) < 4.78 is 0. The third kappa shape index (κ3) is 4.04. The van der Waals surface area contributed by atoms with E-state index in [4.69, 9.17) is 6.42 Å². The third-order valence-corrected chi connectivity index (χ3v) is 4.28. The second-order valence-electron chi connectivity index (χ2n) is 6.67. The molecule has 1 unspecified atom stereocenters. The molecule has 0 saturated carbocycles. The molecular weight excluding hydrogens is 308 g/mol. The van der Waals surface area contributed by atoms with Crippen molar-refractivity contribution in [2.24, 2.45) is 4.99 Å². The van der Waals surface area contributed by atoms with E-state index in [1.54, 1.807) is 6.34 Å². The molecule has 2 aromatic carbocycles. The van der Waals surface area contributed by atoms with Crippen molar-refractivity contribution in [3.05, 3.63) is 57.6 Å². The minimum absolute atomic E-state index is 0.346. The van der Waals surface area contributed by atoms with Gasteiger partial charge in [-0.3, -0.25) is 0 Å². The molecule has 0 aliphatic rings. The number of rotatable bonds is 3. The van der Waals surface area contributed by atoms with Gasteiger partial charge in [0.15, 0.2) is 5.69 Å². The molecule has 3 nitrogen and oxygen atoms in total. The van der Waals surface area contributed by atoms with Gasteiger partial charge < -0.3 is 0 Å². The summed E-state index contributed by atoms with van der Waals surface area (Å²) in [6.45, 7) is 12.1. The Morgan fingerprint density at radius 2 is 1.36 bits per heavy atom. The normalized spacial score (nSPS) is 12.2. The van der Waals surface area contributed by atoms with Crippen LogP contribution < -0.4 is 4.90 Å². The average molecular weight is 333 g/mol. The molecule has 0 fully saturated rings. The predicted octanol–water partition coefficient (Wildman–Crippen LogP) is 3.57. The lowest BCUT2D eigenvalue weighted by atomic mass is 10.0. The van der Waals surface area contributed by atoms with Crippen LogP contribution in [0.15, 0.2) is 29.3 Å². The highest BCUT2D eigenvalue weighted by atomic mass is 16.2. The van der Waals surface area contributed by atoms with E-state index in [1.165, 1.54) is 5.56 Å². The summed E-state index contributed by atoms with van der Waals surface area (Å²) in [5, 5.41) is 0. The van der Waals surface area contributed by atoms with Crippen LogP contribution in [0.4, 0.5) is 11.4 Å². The Labute approximate surface area is 150 Å². The van der Waals surface area contributed by atoms with Gasteiger partial charge in [-0.25, -0.2) is 9.79 Å². The summed E-state index contributed by atoms with van der Waals surface area (Å²) >= 11 is 0. The van der Waals surface area contributed by atoms with Crippen LogP contribution in [0.2, 0.25) is 0 Å². The van der Waals surface area contributed by atoms with Crippen LogP contribution >= 0.6 is 0 Å². The first-order valence-corrected chi connectivity index (χ1v) is 8.32. The lowest BCUT2D eigenvalue weighted by Crippen LogP contribution is -3.09. The number of quaternary nitrogens is 1. The smallest absolute Gasteiger partial charge is 0.216 e. The first-order chi connectivity index (χ1) is 11.7. The Balaban J connectivity index is 2.55. The van der Waals surface area contributed by atoms with Gasteiger partial charge in [-0.1, -0.05) is 35.4 Å². The number of carbonyl (C=O) groups excluding carboxylic acids is 1. The second kappa shape index (κ2) is 7.46. The molecule has 0 spiro atoms. The first-order valence-electron chi connectivity index (χ1n) is 8.32. The van der Waals surface area contributed by atoms with Crippen molar-refractivity contribution in [2.75, 3.05) is 0 Å². The molecule has 0 heterocycles. The quantitative estimate of drug-likeness (QED) is 0.520. The molecule has 0 aromatic heterocycles. The van der Waals surface area contributed by atoms with E-state index in [9.17, 15) is 4.79 Å². The maximum Gasteiger partial charge on any atom is 0.400 e. The summed E-state index contributed by atoms with van der Waals surface area (Å²) in [6, 6.07) is 8.29. The van der Waals surface area contributed by atoms with E-state index in [0.717, 1.165) is 39.2 Å². The highest BCUT2D eigenvalue weighted by Gasteiger charge is 2.23. The van der Waals surface area contributed by atoms with Crippen LogP contribution in [0.3, 0.4) is 0 Å². The summed E-state index contributed by atoms with van der Waals surface area (Å²) in [7, 11) is 0. The van der Waals surface area contributed by atoms with E-state index in [2.05, 4.69) is 42.1 Å². The molecule has 0 aliphatic heterocycles. The molecule has 0 aliphatic carbocycles. The number of amides is 1. The fourth-order valence-electron chi connectivity index (χ4n) is 3.42. The number of hydrogen-bond acceptors (Lipinski definition) is 2. The molecule has 1 N–H and O–H groups in total. The number of aryl methyl sites for hydroxylation is 6. The van der Waals surface area contributed by atoms with Crippen molar-refractivity contribution in [3.8, 4) is 12.3 Å². The van der Waals surface area contributed by atoms with E-state index in [1.807, 2.05) is 34.6 Å². The zero-order chi connectivity index (χ0) is 18.7. The van der Waals surface area contributed by atoms with Gasteiger partial charge in [0.2, 0.25) is 6.34 Å². The SMILES string of the molecule is C#CC(=O)[NH+](C=Nc1c(C)cc(C)cc1C)c1c(C)cc(C)cc1C. The van der Waals surface area contributed by atoms with Gasteiger partial charge >= 0.3 is 5.91 Å². The number of aliphatic imine (C=N–C) groups is 1. The number of nitrogens with zero attached hydrogens (tertiary/aromatic N) is 1. The standard InChI is InChI=1S/C22H24N2O/c1-8-20(25)24(22-18(6)11-15(3)12-19(22)7)13-23-21-16(4)9-14(2)10-17(21)5/h1,9-13H,2-7H3/p+1.